The van der Waals surface area contributed by atoms with Crippen molar-refractivity contribution in [2.75, 3.05) is 5.43 Å². The minimum absolute atomic E-state index is 0.650. The van der Waals surface area contributed by atoms with Gasteiger partial charge in [-0.25, -0.2) is 15.8 Å². The van der Waals surface area contributed by atoms with Crippen LogP contribution in [0.2, 0.25) is 0 Å². The van der Waals surface area contributed by atoms with Crippen LogP contribution >= 0.6 is 11.8 Å². The van der Waals surface area contributed by atoms with Gasteiger partial charge < -0.3 is 5.43 Å². The zero-order chi connectivity index (χ0) is 13.0. The number of nitrogens with one attached hydrogen (secondary N) is 1. The Hall–Kier alpha value is -1.59. The molecule has 0 saturated carbocycles. The predicted molar refractivity (Wildman–Crippen MR) is 74.5 cm³/mol. The second-order valence-electron chi connectivity index (χ2n) is 3.92. The number of rotatable bonds is 4. The van der Waals surface area contributed by atoms with Gasteiger partial charge in [-0.05, 0) is 19.1 Å². The normalized spacial score (nSPS) is 10.4. The Morgan fingerprint density at radius 2 is 2.11 bits per heavy atom. The van der Waals surface area contributed by atoms with Gasteiger partial charge in [0.05, 0.1) is 0 Å². The van der Waals surface area contributed by atoms with Gasteiger partial charge in [0.1, 0.15) is 16.7 Å². The van der Waals surface area contributed by atoms with Crippen LogP contribution in [0.15, 0.2) is 40.3 Å². The first-order valence-electron chi connectivity index (χ1n) is 5.80. The molecule has 0 bridgehead atoms. The molecule has 0 fully saturated rings. The highest BCUT2D eigenvalue weighted by atomic mass is 32.2. The Morgan fingerprint density at radius 1 is 1.28 bits per heavy atom. The summed E-state index contributed by atoms with van der Waals surface area (Å²) in [5.41, 5.74) is 3.81. The third-order valence-corrected chi connectivity index (χ3v) is 3.33. The number of aryl methyl sites for hydroxylation is 2. The van der Waals surface area contributed by atoms with Crippen molar-refractivity contribution in [3.63, 3.8) is 0 Å². The van der Waals surface area contributed by atoms with E-state index in [4.69, 9.17) is 5.84 Å². The van der Waals surface area contributed by atoms with Crippen LogP contribution in [0.25, 0.3) is 0 Å². The van der Waals surface area contributed by atoms with Crippen molar-refractivity contribution in [3.05, 3.63) is 41.7 Å². The number of nitrogens with zero attached hydrogens (tertiary/aromatic N) is 2. The molecule has 0 saturated heterocycles. The van der Waals surface area contributed by atoms with Crippen LogP contribution in [0, 0.1) is 6.92 Å². The molecule has 0 amide bonds. The molecule has 0 atom stereocenters. The molecular formula is C13H16N4S. The van der Waals surface area contributed by atoms with E-state index in [1.807, 2.05) is 19.1 Å². The number of hydrogen-bond donors (Lipinski definition) is 2. The van der Waals surface area contributed by atoms with Gasteiger partial charge in [0.2, 0.25) is 0 Å². The molecule has 0 spiro atoms. The van der Waals surface area contributed by atoms with Crippen LogP contribution in [0.1, 0.15) is 18.3 Å². The summed E-state index contributed by atoms with van der Waals surface area (Å²) in [4.78, 5) is 9.92. The van der Waals surface area contributed by atoms with E-state index in [-0.39, 0.29) is 0 Å². The minimum atomic E-state index is 0.650. The fourth-order valence-electron chi connectivity index (χ4n) is 1.56. The Balaban J connectivity index is 2.28. The Morgan fingerprint density at radius 3 is 2.78 bits per heavy atom. The summed E-state index contributed by atoms with van der Waals surface area (Å²) in [6, 6.07) is 10.2. The van der Waals surface area contributed by atoms with Crippen LogP contribution in [0.3, 0.4) is 0 Å². The lowest BCUT2D eigenvalue weighted by molar-refractivity contribution is 0.888. The molecule has 1 heterocycles. The topological polar surface area (TPSA) is 63.8 Å². The molecular weight excluding hydrogens is 244 g/mol. The van der Waals surface area contributed by atoms with Crippen molar-refractivity contribution in [1.82, 2.24) is 9.97 Å². The van der Waals surface area contributed by atoms with E-state index >= 15 is 0 Å². The van der Waals surface area contributed by atoms with Crippen molar-refractivity contribution in [3.8, 4) is 0 Å². The number of anilines is 1. The second kappa shape index (κ2) is 5.84. The van der Waals surface area contributed by atoms with Crippen molar-refractivity contribution in [2.24, 2.45) is 5.84 Å². The van der Waals surface area contributed by atoms with Gasteiger partial charge in [0, 0.05) is 17.4 Å². The van der Waals surface area contributed by atoms with E-state index in [0.29, 0.717) is 5.82 Å². The van der Waals surface area contributed by atoms with Gasteiger partial charge >= 0.3 is 0 Å². The highest BCUT2D eigenvalue weighted by Gasteiger charge is 2.04. The van der Waals surface area contributed by atoms with Gasteiger partial charge in [-0.15, -0.1) is 0 Å². The van der Waals surface area contributed by atoms with Gasteiger partial charge in [-0.1, -0.05) is 36.4 Å². The van der Waals surface area contributed by atoms with Crippen LogP contribution < -0.4 is 11.3 Å². The highest BCUT2D eigenvalue weighted by molar-refractivity contribution is 7.99. The summed E-state index contributed by atoms with van der Waals surface area (Å²) in [6.07, 6.45) is 0.789. The summed E-state index contributed by atoms with van der Waals surface area (Å²) in [6.45, 7) is 4.10. The van der Waals surface area contributed by atoms with E-state index in [1.54, 1.807) is 11.8 Å². The third-order valence-electron chi connectivity index (χ3n) is 2.43. The van der Waals surface area contributed by atoms with E-state index in [1.165, 1.54) is 10.5 Å². The first-order chi connectivity index (χ1) is 8.71. The molecule has 0 aliphatic heterocycles. The smallest absolute Gasteiger partial charge is 0.144 e. The maximum atomic E-state index is 5.41. The lowest BCUT2D eigenvalue weighted by Crippen LogP contribution is -2.10. The molecule has 0 unspecified atom stereocenters. The van der Waals surface area contributed by atoms with Crippen LogP contribution in [0.5, 0.6) is 0 Å². The van der Waals surface area contributed by atoms with Crippen LogP contribution in [-0.4, -0.2) is 9.97 Å². The summed E-state index contributed by atoms with van der Waals surface area (Å²) in [5, 5.41) is 0.903. The SMILES string of the molecule is CCc1nc(NN)cc(Sc2cccc(C)c2)n1. The Bertz CT molecular complexity index is 520. The monoisotopic (exact) mass is 260 g/mol. The van der Waals surface area contributed by atoms with Gasteiger partial charge in [0.15, 0.2) is 0 Å². The number of hydrazine groups is 1. The maximum Gasteiger partial charge on any atom is 0.144 e. The standard InChI is InChI=1S/C13H16N4S/c1-3-11-15-12(17-14)8-13(16-11)18-10-6-4-5-9(2)7-10/h4-8H,3,14H2,1-2H3,(H,15,16,17). The average molecular weight is 260 g/mol. The quantitative estimate of drug-likeness (QED) is 0.503. The minimum Gasteiger partial charge on any atom is -0.308 e. The number of nitrogens with two attached hydrogens (primary N) is 1. The molecule has 94 valence electrons. The fraction of sp³-hybridized carbons (Fsp3) is 0.231. The third kappa shape index (κ3) is 3.21. The average Bonchev–Trinajstić information content (AvgIpc) is 2.38. The lowest BCUT2D eigenvalue weighted by Gasteiger charge is -2.06. The van der Waals surface area contributed by atoms with E-state index in [9.17, 15) is 0 Å². The second-order valence-corrected chi connectivity index (χ2v) is 5.02. The van der Waals surface area contributed by atoms with E-state index in [0.717, 1.165) is 17.3 Å². The molecule has 18 heavy (non-hydrogen) atoms. The molecule has 2 rings (SSSR count). The van der Waals surface area contributed by atoms with Gasteiger partial charge in [0.25, 0.3) is 0 Å². The predicted octanol–water partition coefficient (Wildman–Crippen LogP) is 2.78. The Labute approximate surface area is 111 Å². The number of hydrogen-bond acceptors (Lipinski definition) is 5. The van der Waals surface area contributed by atoms with E-state index in [2.05, 4.69) is 40.5 Å². The van der Waals surface area contributed by atoms with Crippen molar-refractivity contribution in [1.29, 1.82) is 0 Å². The van der Waals surface area contributed by atoms with Crippen molar-refractivity contribution < 1.29 is 0 Å². The summed E-state index contributed by atoms with van der Waals surface area (Å²) >= 11 is 1.61. The largest absolute Gasteiger partial charge is 0.308 e. The lowest BCUT2D eigenvalue weighted by atomic mass is 10.2. The molecule has 5 heteroatoms. The Kier molecular flexibility index (Phi) is 4.17. The van der Waals surface area contributed by atoms with Crippen LogP contribution in [0.4, 0.5) is 5.82 Å². The number of nitrogen functional groups attached to an aromatic ring is 1. The van der Waals surface area contributed by atoms with Gasteiger partial charge in [-0.3, -0.25) is 0 Å². The zero-order valence-corrected chi connectivity index (χ0v) is 11.3. The van der Waals surface area contributed by atoms with Gasteiger partial charge in [-0.2, -0.15) is 0 Å². The summed E-state index contributed by atoms with van der Waals surface area (Å²) < 4.78 is 0. The molecule has 1 aromatic heterocycles. The molecule has 3 N–H and O–H groups in total. The van der Waals surface area contributed by atoms with E-state index < -0.39 is 0 Å². The van der Waals surface area contributed by atoms with Crippen molar-refractivity contribution in [2.45, 2.75) is 30.2 Å². The molecule has 1 aromatic carbocycles. The zero-order valence-electron chi connectivity index (χ0n) is 10.5. The first kappa shape index (κ1) is 12.9. The fourth-order valence-corrected chi connectivity index (χ4v) is 2.51. The number of aromatic nitrogens is 2. The maximum absolute atomic E-state index is 5.41. The first-order valence-corrected chi connectivity index (χ1v) is 6.62. The van der Waals surface area contributed by atoms with Crippen LogP contribution in [-0.2, 0) is 6.42 Å². The molecule has 0 aliphatic carbocycles. The number of benzene rings is 1. The highest BCUT2D eigenvalue weighted by Crippen LogP contribution is 2.27. The molecule has 4 nitrogen and oxygen atoms in total. The molecule has 2 aromatic rings. The molecule has 0 radical (unpaired) electrons. The summed E-state index contributed by atoms with van der Waals surface area (Å²) in [7, 11) is 0. The summed E-state index contributed by atoms with van der Waals surface area (Å²) in [5.74, 6) is 6.85. The van der Waals surface area contributed by atoms with Crippen molar-refractivity contribution >= 4 is 17.6 Å². The molecule has 0 aliphatic rings.